The van der Waals surface area contributed by atoms with Gasteiger partial charge in [0.25, 0.3) is 0 Å². The van der Waals surface area contributed by atoms with E-state index in [-0.39, 0.29) is 0 Å². The Labute approximate surface area is 118 Å². The first-order valence-electron chi connectivity index (χ1n) is 5.92. The fourth-order valence-corrected chi connectivity index (χ4v) is 2.25. The molecule has 0 amide bonds. The van der Waals surface area contributed by atoms with Crippen LogP contribution in [0.25, 0.3) is 5.69 Å². The number of aryl methyl sites for hydroxylation is 1. The molecule has 0 atom stereocenters. The molecule has 8 heteroatoms. The number of benzene rings is 1. The second-order valence-electron chi connectivity index (χ2n) is 4.56. The van der Waals surface area contributed by atoms with Gasteiger partial charge in [-0.25, -0.2) is 4.68 Å². The highest BCUT2D eigenvalue weighted by atomic mass is 32.2. The van der Waals surface area contributed by atoms with Crippen molar-refractivity contribution in [3.8, 4) is 5.69 Å². The number of nitrogen functional groups attached to an aromatic ring is 1. The smallest absolute Gasteiger partial charge is 0.301 e. The normalized spacial score (nSPS) is 11.8. The summed E-state index contributed by atoms with van der Waals surface area (Å²) in [5, 5.41) is 4.26. The monoisotopic (exact) mass is 295 g/mol. The molecule has 1 aromatic carbocycles. The molecule has 2 rings (SSSR count). The van der Waals surface area contributed by atoms with E-state index in [0.717, 1.165) is 15.7 Å². The molecule has 1 heterocycles. The fraction of sp³-hybridized carbons (Fsp3) is 0.250. The molecule has 3 N–H and O–H groups in total. The minimum absolute atomic E-state index is 0.477. The second-order valence-corrected chi connectivity index (χ2v) is 6.44. The van der Waals surface area contributed by atoms with E-state index in [4.69, 9.17) is 5.73 Å². The lowest BCUT2D eigenvalue weighted by atomic mass is 10.3. The van der Waals surface area contributed by atoms with Crippen LogP contribution in [-0.4, -0.2) is 36.6 Å². The number of hydrogen-bond acceptors (Lipinski definition) is 4. The van der Waals surface area contributed by atoms with E-state index in [0.29, 0.717) is 11.5 Å². The maximum atomic E-state index is 11.7. The van der Waals surface area contributed by atoms with Gasteiger partial charge >= 0.3 is 10.2 Å². The number of rotatable bonds is 4. The standard InChI is InChI=1S/C12H17N5O2S/c1-9-8-12(13)17(14-9)11-6-4-10(5-7-11)15-20(18,19)16(2)3/h4-8,15H,13H2,1-3H3. The van der Waals surface area contributed by atoms with Crippen molar-refractivity contribution >= 4 is 21.7 Å². The van der Waals surface area contributed by atoms with Crippen molar-refractivity contribution < 1.29 is 8.42 Å². The van der Waals surface area contributed by atoms with Crippen LogP contribution in [0.15, 0.2) is 30.3 Å². The van der Waals surface area contributed by atoms with Gasteiger partial charge in [-0.2, -0.15) is 17.8 Å². The molecule has 0 aliphatic rings. The molecule has 0 fully saturated rings. The molecule has 1 aromatic heterocycles. The van der Waals surface area contributed by atoms with Crippen LogP contribution in [0.1, 0.15) is 5.69 Å². The molecule has 0 saturated carbocycles. The van der Waals surface area contributed by atoms with E-state index in [9.17, 15) is 8.42 Å². The van der Waals surface area contributed by atoms with Crippen molar-refractivity contribution in [1.29, 1.82) is 0 Å². The Balaban J connectivity index is 2.25. The maximum Gasteiger partial charge on any atom is 0.301 e. The average molecular weight is 295 g/mol. The predicted octanol–water partition coefficient (Wildman–Crippen LogP) is 0.981. The molecule has 0 aliphatic carbocycles. The number of nitrogens with two attached hydrogens (primary N) is 1. The lowest BCUT2D eigenvalue weighted by molar-refractivity contribution is 0.527. The molecule has 0 radical (unpaired) electrons. The Morgan fingerprint density at radius 3 is 2.30 bits per heavy atom. The van der Waals surface area contributed by atoms with Crippen LogP contribution in [0.3, 0.4) is 0 Å². The zero-order chi connectivity index (χ0) is 14.9. The molecule has 0 bridgehead atoms. The summed E-state index contributed by atoms with van der Waals surface area (Å²) in [5.74, 6) is 0.532. The van der Waals surface area contributed by atoms with Gasteiger partial charge in [0.05, 0.1) is 11.4 Å². The Bertz CT molecular complexity index is 704. The van der Waals surface area contributed by atoms with Crippen molar-refractivity contribution in [3.05, 3.63) is 36.0 Å². The topological polar surface area (TPSA) is 93.2 Å². The molecule has 7 nitrogen and oxygen atoms in total. The molecular formula is C12H17N5O2S. The van der Waals surface area contributed by atoms with Crippen LogP contribution in [0.4, 0.5) is 11.5 Å². The predicted molar refractivity (Wildman–Crippen MR) is 78.9 cm³/mol. The van der Waals surface area contributed by atoms with Crippen molar-refractivity contribution in [2.45, 2.75) is 6.92 Å². The van der Waals surface area contributed by atoms with Crippen molar-refractivity contribution in [1.82, 2.24) is 14.1 Å². The van der Waals surface area contributed by atoms with Gasteiger partial charge in [-0.05, 0) is 31.2 Å². The molecule has 108 valence electrons. The number of anilines is 2. The van der Waals surface area contributed by atoms with Gasteiger partial charge in [-0.3, -0.25) is 4.72 Å². The third-order valence-electron chi connectivity index (χ3n) is 2.70. The molecule has 0 unspecified atom stereocenters. The SMILES string of the molecule is Cc1cc(N)n(-c2ccc(NS(=O)(=O)N(C)C)cc2)n1. The van der Waals surface area contributed by atoms with Crippen LogP contribution in [0.5, 0.6) is 0 Å². The lowest BCUT2D eigenvalue weighted by Gasteiger charge is -2.13. The Kier molecular flexibility index (Phi) is 3.69. The zero-order valence-corrected chi connectivity index (χ0v) is 12.3. The summed E-state index contributed by atoms with van der Waals surface area (Å²) in [6, 6.07) is 8.58. The molecule has 2 aromatic rings. The summed E-state index contributed by atoms with van der Waals surface area (Å²) in [6.45, 7) is 1.85. The van der Waals surface area contributed by atoms with Crippen LogP contribution < -0.4 is 10.5 Å². The number of aromatic nitrogens is 2. The third kappa shape index (κ3) is 2.91. The molecule has 0 aliphatic heterocycles. The summed E-state index contributed by atoms with van der Waals surface area (Å²) in [5.41, 5.74) is 7.90. The first kappa shape index (κ1) is 14.4. The van der Waals surface area contributed by atoms with E-state index >= 15 is 0 Å². The van der Waals surface area contributed by atoms with Gasteiger partial charge in [-0.1, -0.05) is 0 Å². The first-order chi connectivity index (χ1) is 9.29. The summed E-state index contributed by atoms with van der Waals surface area (Å²) < 4.78 is 28.5. The van der Waals surface area contributed by atoms with Gasteiger partial charge in [0.1, 0.15) is 5.82 Å². The summed E-state index contributed by atoms with van der Waals surface area (Å²) >= 11 is 0. The van der Waals surface area contributed by atoms with Crippen molar-refractivity contribution in [2.75, 3.05) is 24.6 Å². The number of nitrogens with one attached hydrogen (secondary N) is 1. The van der Waals surface area contributed by atoms with Crippen LogP contribution >= 0.6 is 0 Å². The molecule has 0 saturated heterocycles. The summed E-state index contributed by atoms with van der Waals surface area (Å²) in [6.07, 6.45) is 0. The Hall–Kier alpha value is -2.06. The van der Waals surface area contributed by atoms with E-state index in [1.165, 1.54) is 14.1 Å². The largest absolute Gasteiger partial charge is 0.384 e. The number of hydrogen-bond donors (Lipinski definition) is 2. The van der Waals surface area contributed by atoms with Gasteiger partial charge in [0, 0.05) is 25.8 Å². The van der Waals surface area contributed by atoms with Gasteiger partial charge < -0.3 is 5.73 Å². The summed E-state index contributed by atoms with van der Waals surface area (Å²) in [4.78, 5) is 0. The van der Waals surface area contributed by atoms with Gasteiger partial charge in [-0.15, -0.1) is 0 Å². The average Bonchev–Trinajstić information content (AvgIpc) is 2.69. The van der Waals surface area contributed by atoms with E-state index in [1.54, 1.807) is 35.0 Å². The minimum atomic E-state index is -3.50. The maximum absolute atomic E-state index is 11.7. The highest BCUT2D eigenvalue weighted by molar-refractivity contribution is 7.90. The third-order valence-corrected chi connectivity index (χ3v) is 4.15. The minimum Gasteiger partial charge on any atom is -0.384 e. The quantitative estimate of drug-likeness (QED) is 0.879. The highest BCUT2D eigenvalue weighted by Gasteiger charge is 2.13. The fourth-order valence-electron chi connectivity index (χ4n) is 1.64. The van der Waals surface area contributed by atoms with E-state index in [1.807, 2.05) is 6.92 Å². The van der Waals surface area contributed by atoms with Crippen LogP contribution in [0.2, 0.25) is 0 Å². The van der Waals surface area contributed by atoms with Crippen molar-refractivity contribution in [2.24, 2.45) is 0 Å². The Morgan fingerprint density at radius 2 is 1.85 bits per heavy atom. The van der Waals surface area contributed by atoms with Crippen LogP contribution in [0, 0.1) is 6.92 Å². The van der Waals surface area contributed by atoms with Crippen LogP contribution in [-0.2, 0) is 10.2 Å². The molecular weight excluding hydrogens is 278 g/mol. The molecule has 20 heavy (non-hydrogen) atoms. The summed E-state index contributed by atoms with van der Waals surface area (Å²) in [7, 11) is -0.572. The highest BCUT2D eigenvalue weighted by Crippen LogP contribution is 2.17. The second kappa shape index (κ2) is 5.14. The van der Waals surface area contributed by atoms with Gasteiger partial charge in [0.2, 0.25) is 0 Å². The first-order valence-corrected chi connectivity index (χ1v) is 7.36. The number of nitrogens with zero attached hydrogens (tertiary/aromatic N) is 3. The molecule has 0 spiro atoms. The van der Waals surface area contributed by atoms with E-state index < -0.39 is 10.2 Å². The Morgan fingerprint density at radius 1 is 1.25 bits per heavy atom. The lowest BCUT2D eigenvalue weighted by Crippen LogP contribution is -2.28. The zero-order valence-electron chi connectivity index (χ0n) is 11.5. The van der Waals surface area contributed by atoms with E-state index in [2.05, 4.69) is 9.82 Å². The van der Waals surface area contributed by atoms with Gasteiger partial charge in [0.15, 0.2) is 0 Å². The van der Waals surface area contributed by atoms with Crippen molar-refractivity contribution in [3.63, 3.8) is 0 Å².